The highest BCUT2D eigenvalue weighted by Crippen LogP contribution is 2.10. The Kier molecular flexibility index (Phi) is 3.53. The van der Waals surface area contributed by atoms with Gasteiger partial charge in [0.25, 0.3) is 0 Å². The van der Waals surface area contributed by atoms with Crippen LogP contribution in [0.25, 0.3) is 0 Å². The topological polar surface area (TPSA) is 38.0 Å². The maximum absolute atomic E-state index is 9.77. The van der Waals surface area contributed by atoms with E-state index in [1.54, 1.807) is 23.9 Å². The molecule has 2 rings (SSSR count). The van der Waals surface area contributed by atoms with E-state index in [9.17, 15) is 5.11 Å². The third-order valence-electron chi connectivity index (χ3n) is 2.33. The molecule has 1 N–H and O–H groups in total. The molecule has 0 aliphatic carbocycles. The maximum Gasteiger partial charge on any atom is 0.0946 e. The Hall–Kier alpha value is -1.13. The minimum absolute atomic E-state index is 0.293. The first kappa shape index (κ1) is 10.4. The van der Waals surface area contributed by atoms with Crippen LogP contribution in [0, 0.1) is 0 Å². The number of aliphatic hydroxyl groups excluding tert-OH is 1. The fourth-order valence-electron chi connectivity index (χ4n) is 1.50. The van der Waals surface area contributed by atoms with Crippen molar-refractivity contribution in [2.24, 2.45) is 0 Å². The van der Waals surface area contributed by atoms with Gasteiger partial charge in [-0.1, -0.05) is 0 Å². The second-order valence-electron chi connectivity index (χ2n) is 3.58. The van der Waals surface area contributed by atoms with E-state index < -0.39 is 0 Å². The van der Waals surface area contributed by atoms with Gasteiger partial charge in [-0.15, -0.1) is 0 Å². The van der Waals surface area contributed by atoms with Crippen molar-refractivity contribution in [3.63, 3.8) is 0 Å². The molecule has 2 aromatic heterocycles. The van der Waals surface area contributed by atoms with Gasteiger partial charge in [0.05, 0.1) is 12.4 Å². The van der Waals surface area contributed by atoms with Crippen molar-refractivity contribution in [3.05, 3.63) is 41.1 Å². The van der Waals surface area contributed by atoms with E-state index in [0.717, 1.165) is 12.8 Å². The summed E-state index contributed by atoms with van der Waals surface area (Å²) < 4.78 is 1.90. The van der Waals surface area contributed by atoms with Crippen LogP contribution in [0.4, 0.5) is 0 Å². The van der Waals surface area contributed by atoms with Gasteiger partial charge in [-0.05, 0) is 35.2 Å². The number of imidazole rings is 1. The molecule has 15 heavy (non-hydrogen) atoms. The van der Waals surface area contributed by atoms with Crippen LogP contribution in [0.1, 0.15) is 12.0 Å². The Labute approximate surface area is 93.0 Å². The number of hydrogen-bond acceptors (Lipinski definition) is 3. The number of rotatable bonds is 5. The molecule has 0 saturated heterocycles. The minimum atomic E-state index is -0.293. The lowest BCUT2D eigenvalue weighted by atomic mass is 10.1. The highest BCUT2D eigenvalue weighted by Gasteiger charge is 2.05. The number of aryl methyl sites for hydroxylation is 1. The van der Waals surface area contributed by atoms with Crippen LogP contribution in [0.3, 0.4) is 0 Å². The summed E-state index contributed by atoms with van der Waals surface area (Å²) in [6.07, 6.45) is 6.78. The van der Waals surface area contributed by atoms with E-state index in [2.05, 4.69) is 21.8 Å². The van der Waals surface area contributed by atoms with Crippen molar-refractivity contribution in [2.45, 2.75) is 25.5 Å². The molecule has 0 radical (unpaired) electrons. The van der Waals surface area contributed by atoms with E-state index >= 15 is 0 Å². The van der Waals surface area contributed by atoms with Crippen LogP contribution >= 0.6 is 11.3 Å². The van der Waals surface area contributed by atoms with Crippen LogP contribution in [0.15, 0.2) is 35.5 Å². The van der Waals surface area contributed by atoms with Gasteiger partial charge in [0.15, 0.2) is 0 Å². The van der Waals surface area contributed by atoms with Gasteiger partial charge in [-0.2, -0.15) is 11.3 Å². The van der Waals surface area contributed by atoms with Crippen molar-refractivity contribution in [1.82, 2.24) is 9.55 Å². The highest BCUT2D eigenvalue weighted by atomic mass is 32.1. The number of aliphatic hydroxyl groups is 1. The molecule has 0 amide bonds. The molecule has 0 spiro atoms. The summed E-state index contributed by atoms with van der Waals surface area (Å²) in [4.78, 5) is 3.94. The molecule has 0 saturated carbocycles. The fourth-order valence-corrected chi connectivity index (χ4v) is 2.20. The van der Waals surface area contributed by atoms with E-state index in [0.29, 0.717) is 6.54 Å². The summed E-state index contributed by atoms with van der Waals surface area (Å²) in [5.41, 5.74) is 1.31. The molecule has 3 nitrogen and oxygen atoms in total. The first-order valence-corrected chi connectivity index (χ1v) is 5.94. The number of nitrogens with zero attached hydrogens (tertiary/aromatic N) is 2. The Bertz CT molecular complexity index is 369. The first-order chi connectivity index (χ1) is 7.34. The molecule has 2 aromatic rings. The number of thiophene rings is 1. The third-order valence-corrected chi connectivity index (χ3v) is 3.06. The monoisotopic (exact) mass is 222 g/mol. The summed E-state index contributed by atoms with van der Waals surface area (Å²) in [5, 5.41) is 14.0. The molecule has 0 aromatic carbocycles. The van der Waals surface area contributed by atoms with Crippen molar-refractivity contribution in [2.75, 3.05) is 0 Å². The summed E-state index contributed by atoms with van der Waals surface area (Å²) in [6, 6.07) is 2.11. The second kappa shape index (κ2) is 5.09. The lowest BCUT2D eigenvalue weighted by Crippen LogP contribution is -2.15. The molecule has 1 unspecified atom stereocenters. The van der Waals surface area contributed by atoms with Crippen LogP contribution in [-0.4, -0.2) is 20.8 Å². The Morgan fingerprint density at radius 2 is 2.47 bits per heavy atom. The normalized spacial score (nSPS) is 12.9. The first-order valence-electron chi connectivity index (χ1n) is 4.99. The standard InChI is InChI=1S/C11H14N2OS/c14-11(7-13-5-4-12-9-13)2-1-10-3-6-15-8-10/h3-6,8-9,11,14H,1-2,7H2. The van der Waals surface area contributed by atoms with Crippen LogP contribution in [0.5, 0.6) is 0 Å². The van der Waals surface area contributed by atoms with Gasteiger partial charge in [0.2, 0.25) is 0 Å². The largest absolute Gasteiger partial charge is 0.391 e. The molecule has 4 heteroatoms. The lowest BCUT2D eigenvalue weighted by molar-refractivity contribution is 0.144. The van der Waals surface area contributed by atoms with Crippen molar-refractivity contribution < 1.29 is 5.11 Å². The van der Waals surface area contributed by atoms with Crippen molar-refractivity contribution in [1.29, 1.82) is 0 Å². The molecular formula is C11H14N2OS. The Morgan fingerprint density at radius 3 is 3.13 bits per heavy atom. The third kappa shape index (κ3) is 3.18. The molecule has 0 fully saturated rings. The predicted octanol–water partition coefficient (Wildman–Crippen LogP) is 1.94. The lowest BCUT2D eigenvalue weighted by Gasteiger charge is -2.10. The van der Waals surface area contributed by atoms with Gasteiger partial charge in [-0.3, -0.25) is 0 Å². The Balaban J connectivity index is 1.76. The summed E-state index contributed by atoms with van der Waals surface area (Å²) in [7, 11) is 0. The summed E-state index contributed by atoms with van der Waals surface area (Å²) in [6.45, 7) is 0.629. The number of hydrogen-bond donors (Lipinski definition) is 1. The second-order valence-corrected chi connectivity index (χ2v) is 4.36. The van der Waals surface area contributed by atoms with Crippen molar-refractivity contribution in [3.8, 4) is 0 Å². The molecule has 1 atom stereocenters. The maximum atomic E-state index is 9.77. The average molecular weight is 222 g/mol. The zero-order valence-electron chi connectivity index (χ0n) is 8.41. The summed E-state index contributed by atoms with van der Waals surface area (Å²) in [5.74, 6) is 0. The van der Waals surface area contributed by atoms with Gasteiger partial charge in [0, 0.05) is 18.9 Å². The van der Waals surface area contributed by atoms with E-state index in [4.69, 9.17) is 0 Å². The molecule has 0 aliphatic rings. The molecule has 0 aliphatic heterocycles. The quantitative estimate of drug-likeness (QED) is 0.839. The van der Waals surface area contributed by atoms with Gasteiger partial charge in [0.1, 0.15) is 0 Å². The van der Waals surface area contributed by atoms with Crippen LogP contribution in [-0.2, 0) is 13.0 Å². The zero-order chi connectivity index (χ0) is 10.5. The molecular weight excluding hydrogens is 208 g/mol. The number of aromatic nitrogens is 2. The van der Waals surface area contributed by atoms with Crippen LogP contribution in [0.2, 0.25) is 0 Å². The Morgan fingerprint density at radius 1 is 1.53 bits per heavy atom. The zero-order valence-corrected chi connectivity index (χ0v) is 9.23. The summed E-state index contributed by atoms with van der Waals surface area (Å²) >= 11 is 1.70. The smallest absolute Gasteiger partial charge is 0.0946 e. The highest BCUT2D eigenvalue weighted by molar-refractivity contribution is 7.07. The SMILES string of the molecule is OC(CCc1ccsc1)Cn1ccnc1. The van der Waals surface area contributed by atoms with Gasteiger partial charge in [-0.25, -0.2) is 4.98 Å². The van der Waals surface area contributed by atoms with Crippen molar-refractivity contribution >= 4 is 11.3 Å². The van der Waals surface area contributed by atoms with E-state index in [-0.39, 0.29) is 6.10 Å². The fraction of sp³-hybridized carbons (Fsp3) is 0.364. The molecule has 80 valence electrons. The predicted molar refractivity (Wildman–Crippen MR) is 60.9 cm³/mol. The molecule has 0 bridgehead atoms. The average Bonchev–Trinajstić information content (AvgIpc) is 2.86. The van der Waals surface area contributed by atoms with Crippen LogP contribution < -0.4 is 0 Å². The van der Waals surface area contributed by atoms with E-state index in [1.807, 2.05) is 10.8 Å². The van der Waals surface area contributed by atoms with Gasteiger partial charge < -0.3 is 9.67 Å². The van der Waals surface area contributed by atoms with Gasteiger partial charge >= 0.3 is 0 Å². The molecule has 2 heterocycles. The minimum Gasteiger partial charge on any atom is -0.391 e. The van der Waals surface area contributed by atoms with E-state index in [1.165, 1.54) is 5.56 Å².